The molecule has 0 saturated carbocycles. The predicted molar refractivity (Wildman–Crippen MR) is 69.2 cm³/mol. The molecule has 0 amide bonds. The Balaban J connectivity index is 1.83. The summed E-state index contributed by atoms with van der Waals surface area (Å²) in [4.78, 5) is 16.1. The van der Waals surface area contributed by atoms with Gasteiger partial charge in [0.25, 0.3) is 0 Å². The second-order valence-corrected chi connectivity index (χ2v) is 5.06. The highest BCUT2D eigenvalue weighted by molar-refractivity contribution is 5.98. The Kier molecular flexibility index (Phi) is 2.97. The van der Waals surface area contributed by atoms with Crippen LogP contribution in [-0.2, 0) is 19.4 Å². The molecule has 0 fully saturated rings. The van der Waals surface area contributed by atoms with Crippen LogP contribution in [0.1, 0.15) is 46.3 Å². The van der Waals surface area contributed by atoms with Crippen LogP contribution >= 0.6 is 0 Å². The zero-order valence-electron chi connectivity index (χ0n) is 11.3. The lowest BCUT2D eigenvalue weighted by atomic mass is 9.96. The molecule has 0 aliphatic heterocycles. The summed E-state index contributed by atoms with van der Waals surface area (Å²) >= 11 is 0. The zero-order valence-corrected chi connectivity index (χ0v) is 11.3. The smallest absolute Gasteiger partial charge is 0.228 e. The average molecular weight is 259 g/mol. The first kappa shape index (κ1) is 12.1. The number of hydrogen-bond acceptors (Lipinski definition) is 4. The topological polar surface area (TPSA) is 60.9 Å². The number of ketones is 1. The monoisotopic (exact) mass is 259 g/mol. The standard InChI is InChI=1S/C14H17N3O2/c1-9-8-11-12(4-3-5-13(11)18)17(9)7-6-14-15-10(2)16-19-14/h8H,3-7H2,1-2H3. The number of nitrogens with zero attached hydrogens (tertiary/aromatic N) is 3. The van der Waals surface area contributed by atoms with E-state index >= 15 is 0 Å². The van der Waals surface area contributed by atoms with E-state index < -0.39 is 0 Å². The molecule has 2 aromatic rings. The number of fused-ring (bicyclic) bond motifs is 1. The van der Waals surface area contributed by atoms with Crippen molar-refractivity contribution in [2.45, 2.75) is 46.1 Å². The van der Waals surface area contributed by atoms with Crippen LogP contribution in [0.4, 0.5) is 0 Å². The Hall–Kier alpha value is -1.91. The molecule has 0 aromatic carbocycles. The van der Waals surface area contributed by atoms with Crippen molar-refractivity contribution in [3.63, 3.8) is 0 Å². The summed E-state index contributed by atoms with van der Waals surface area (Å²) in [6.07, 6.45) is 3.32. The summed E-state index contributed by atoms with van der Waals surface area (Å²) < 4.78 is 7.34. The quantitative estimate of drug-likeness (QED) is 0.848. The number of aryl methyl sites for hydroxylation is 3. The summed E-state index contributed by atoms with van der Waals surface area (Å²) in [6.45, 7) is 4.65. The van der Waals surface area contributed by atoms with Gasteiger partial charge in [-0.2, -0.15) is 4.98 Å². The number of carbonyl (C=O) groups is 1. The maximum absolute atomic E-state index is 11.9. The molecule has 2 aromatic heterocycles. The van der Waals surface area contributed by atoms with E-state index in [1.165, 1.54) is 5.69 Å². The Bertz CT molecular complexity index is 625. The van der Waals surface area contributed by atoms with E-state index in [0.29, 0.717) is 24.6 Å². The maximum atomic E-state index is 11.9. The molecule has 0 bridgehead atoms. The third kappa shape index (κ3) is 2.20. The van der Waals surface area contributed by atoms with Crippen molar-refractivity contribution < 1.29 is 9.32 Å². The van der Waals surface area contributed by atoms with Gasteiger partial charge in [-0.1, -0.05) is 5.16 Å². The Morgan fingerprint density at radius 1 is 1.37 bits per heavy atom. The van der Waals surface area contributed by atoms with Gasteiger partial charge in [-0.25, -0.2) is 0 Å². The highest BCUT2D eigenvalue weighted by Gasteiger charge is 2.22. The van der Waals surface area contributed by atoms with Crippen LogP contribution in [0.2, 0.25) is 0 Å². The van der Waals surface area contributed by atoms with Crippen molar-refractivity contribution in [1.82, 2.24) is 14.7 Å². The van der Waals surface area contributed by atoms with Gasteiger partial charge in [-0.3, -0.25) is 4.79 Å². The van der Waals surface area contributed by atoms with Crippen molar-refractivity contribution >= 4 is 5.78 Å². The summed E-state index contributed by atoms with van der Waals surface area (Å²) in [6, 6.07) is 2.01. The molecule has 0 N–H and O–H groups in total. The van der Waals surface area contributed by atoms with Crippen molar-refractivity contribution in [3.05, 3.63) is 34.7 Å². The van der Waals surface area contributed by atoms with Gasteiger partial charge in [-0.15, -0.1) is 0 Å². The second kappa shape index (κ2) is 4.64. The molecule has 19 heavy (non-hydrogen) atoms. The van der Waals surface area contributed by atoms with E-state index in [1.54, 1.807) is 0 Å². The molecule has 5 heteroatoms. The minimum Gasteiger partial charge on any atom is -0.348 e. The van der Waals surface area contributed by atoms with Crippen LogP contribution in [0.15, 0.2) is 10.6 Å². The third-order valence-electron chi connectivity index (χ3n) is 3.65. The van der Waals surface area contributed by atoms with Gasteiger partial charge in [0.05, 0.1) is 0 Å². The summed E-state index contributed by atoms with van der Waals surface area (Å²) in [5, 5.41) is 3.79. The first-order valence-corrected chi connectivity index (χ1v) is 6.66. The van der Waals surface area contributed by atoms with Gasteiger partial charge in [0, 0.05) is 36.3 Å². The Morgan fingerprint density at radius 3 is 2.95 bits per heavy atom. The molecule has 100 valence electrons. The van der Waals surface area contributed by atoms with Gasteiger partial charge in [-0.05, 0) is 32.8 Å². The molecule has 1 aliphatic rings. The number of aromatic nitrogens is 3. The lowest BCUT2D eigenvalue weighted by Gasteiger charge is -2.15. The maximum Gasteiger partial charge on any atom is 0.228 e. The third-order valence-corrected chi connectivity index (χ3v) is 3.65. The van der Waals surface area contributed by atoms with Crippen LogP contribution in [0.25, 0.3) is 0 Å². The Labute approximate surface area is 111 Å². The highest BCUT2D eigenvalue weighted by Crippen LogP contribution is 2.25. The minimum atomic E-state index is 0.275. The van der Waals surface area contributed by atoms with E-state index in [4.69, 9.17) is 4.52 Å². The molecule has 0 spiro atoms. The minimum absolute atomic E-state index is 0.275. The molecule has 1 aliphatic carbocycles. The molecule has 2 heterocycles. The lowest BCUT2D eigenvalue weighted by molar-refractivity contribution is 0.0972. The lowest BCUT2D eigenvalue weighted by Crippen LogP contribution is -2.14. The Morgan fingerprint density at radius 2 is 2.21 bits per heavy atom. The second-order valence-electron chi connectivity index (χ2n) is 5.06. The molecule has 0 saturated heterocycles. The van der Waals surface area contributed by atoms with Gasteiger partial charge in [0.1, 0.15) is 0 Å². The van der Waals surface area contributed by atoms with Crippen molar-refractivity contribution in [1.29, 1.82) is 0 Å². The fourth-order valence-electron chi connectivity index (χ4n) is 2.75. The van der Waals surface area contributed by atoms with Crippen LogP contribution in [-0.4, -0.2) is 20.5 Å². The molecule has 5 nitrogen and oxygen atoms in total. The fraction of sp³-hybridized carbons (Fsp3) is 0.500. The fourth-order valence-corrected chi connectivity index (χ4v) is 2.75. The molecule has 0 atom stereocenters. The van der Waals surface area contributed by atoms with Crippen LogP contribution in [0.5, 0.6) is 0 Å². The number of Topliss-reactive ketones (excluding diaryl/α,β-unsaturated/α-hetero) is 1. The number of carbonyl (C=O) groups excluding carboxylic acids is 1. The van der Waals surface area contributed by atoms with Crippen LogP contribution in [0.3, 0.4) is 0 Å². The molecular weight excluding hydrogens is 242 g/mol. The highest BCUT2D eigenvalue weighted by atomic mass is 16.5. The van der Waals surface area contributed by atoms with E-state index in [9.17, 15) is 4.79 Å². The normalized spacial score (nSPS) is 14.7. The average Bonchev–Trinajstić information content (AvgIpc) is 2.92. The van der Waals surface area contributed by atoms with Gasteiger partial charge in [0.15, 0.2) is 11.6 Å². The zero-order chi connectivity index (χ0) is 13.4. The van der Waals surface area contributed by atoms with Gasteiger partial charge >= 0.3 is 0 Å². The molecule has 0 radical (unpaired) electrons. The first-order chi connectivity index (χ1) is 9.15. The predicted octanol–water partition coefficient (Wildman–Crippen LogP) is 2.25. The SMILES string of the molecule is Cc1noc(CCn2c(C)cc3c2CCCC3=O)n1. The van der Waals surface area contributed by atoms with Gasteiger partial charge in [0.2, 0.25) is 5.89 Å². The number of rotatable bonds is 3. The van der Waals surface area contributed by atoms with Crippen LogP contribution in [0, 0.1) is 13.8 Å². The summed E-state index contributed by atoms with van der Waals surface area (Å²) in [5.41, 5.74) is 3.21. The number of hydrogen-bond donors (Lipinski definition) is 0. The van der Waals surface area contributed by atoms with Crippen LogP contribution < -0.4 is 0 Å². The summed E-state index contributed by atoms with van der Waals surface area (Å²) in [5.74, 6) is 1.59. The molecule has 3 rings (SSSR count). The first-order valence-electron chi connectivity index (χ1n) is 6.66. The van der Waals surface area contributed by atoms with Crippen molar-refractivity contribution in [3.8, 4) is 0 Å². The van der Waals surface area contributed by atoms with Gasteiger partial charge < -0.3 is 9.09 Å². The van der Waals surface area contributed by atoms with Crippen molar-refractivity contribution in [2.24, 2.45) is 0 Å². The summed E-state index contributed by atoms with van der Waals surface area (Å²) in [7, 11) is 0. The van der Waals surface area contributed by atoms with E-state index in [1.807, 2.05) is 19.9 Å². The van der Waals surface area contributed by atoms with E-state index in [0.717, 1.165) is 30.6 Å². The largest absolute Gasteiger partial charge is 0.348 e. The van der Waals surface area contributed by atoms with E-state index in [2.05, 4.69) is 14.7 Å². The molecule has 0 unspecified atom stereocenters. The van der Waals surface area contributed by atoms with Crippen molar-refractivity contribution in [2.75, 3.05) is 0 Å². The molecular formula is C14H17N3O2. The van der Waals surface area contributed by atoms with E-state index in [-0.39, 0.29) is 5.78 Å².